The molecule has 1 amide bonds. The number of amides is 1. The first-order chi connectivity index (χ1) is 13.2. The van der Waals surface area contributed by atoms with Crippen molar-refractivity contribution in [3.05, 3.63) is 57.5 Å². The van der Waals surface area contributed by atoms with Crippen LogP contribution in [-0.2, 0) is 14.9 Å². The first-order valence-electron chi connectivity index (χ1n) is 8.97. The van der Waals surface area contributed by atoms with E-state index < -0.39 is 5.97 Å². The van der Waals surface area contributed by atoms with Gasteiger partial charge in [-0.05, 0) is 42.0 Å². The molecule has 0 bridgehead atoms. The molecule has 0 aliphatic heterocycles. The zero-order chi connectivity index (χ0) is 20.9. The largest absolute Gasteiger partial charge is 0.462 e. The van der Waals surface area contributed by atoms with Gasteiger partial charge in [0.2, 0.25) is 5.91 Å². The minimum absolute atomic E-state index is 0.0704. The highest BCUT2D eigenvalue weighted by molar-refractivity contribution is 7.18. The number of rotatable bonds is 5. The third-order valence-electron chi connectivity index (χ3n) is 4.16. The lowest BCUT2D eigenvalue weighted by Gasteiger charge is -2.18. The van der Waals surface area contributed by atoms with Crippen molar-refractivity contribution in [2.24, 2.45) is 0 Å². The Morgan fingerprint density at radius 1 is 1.25 bits per heavy atom. The highest BCUT2D eigenvalue weighted by Gasteiger charge is 2.21. The molecule has 28 heavy (non-hydrogen) atoms. The van der Waals surface area contributed by atoms with E-state index in [1.165, 1.54) is 11.6 Å². The molecule has 1 aromatic carbocycles. The maximum atomic E-state index is 12.3. The normalized spacial score (nSPS) is 11.3. The highest BCUT2D eigenvalue weighted by Crippen LogP contribution is 2.33. The Morgan fingerprint density at radius 3 is 2.43 bits per heavy atom. The van der Waals surface area contributed by atoms with Crippen molar-refractivity contribution < 1.29 is 14.3 Å². The van der Waals surface area contributed by atoms with Crippen LogP contribution in [0.2, 0.25) is 0 Å². The van der Waals surface area contributed by atoms with E-state index >= 15 is 0 Å². The molecule has 1 aromatic heterocycles. The summed E-state index contributed by atoms with van der Waals surface area (Å²) in [6.07, 6.45) is 3.12. The molecule has 2 aromatic rings. The molecule has 0 unspecified atom stereocenters. The monoisotopic (exact) mass is 396 g/mol. The van der Waals surface area contributed by atoms with Crippen LogP contribution in [0.1, 0.15) is 59.6 Å². The highest BCUT2D eigenvalue weighted by atomic mass is 32.1. The van der Waals surface area contributed by atoms with Crippen molar-refractivity contribution in [3.8, 4) is 6.07 Å². The molecule has 0 aliphatic carbocycles. The Morgan fingerprint density at radius 2 is 1.89 bits per heavy atom. The van der Waals surface area contributed by atoms with Gasteiger partial charge in [-0.3, -0.25) is 4.79 Å². The molecule has 6 heteroatoms. The first-order valence-corrected chi connectivity index (χ1v) is 9.79. The summed E-state index contributed by atoms with van der Waals surface area (Å²) in [6, 6.07) is 10.0. The summed E-state index contributed by atoms with van der Waals surface area (Å²) in [7, 11) is 0. The molecule has 1 heterocycles. The summed E-state index contributed by atoms with van der Waals surface area (Å²) in [5.74, 6) is -0.857. The van der Waals surface area contributed by atoms with Crippen LogP contribution in [0, 0.1) is 18.3 Å². The number of carbonyl (C=O) groups is 2. The van der Waals surface area contributed by atoms with Gasteiger partial charge in [0, 0.05) is 6.08 Å². The van der Waals surface area contributed by atoms with Gasteiger partial charge in [0.1, 0.15) is 15.9 Å². The Kier molecular flexibility index (Phi) is 6.76. The quantitative estimate of drug-likeness (QED) is 0.566. The van der Waals surface area contributed by atoms with Gasteiger partial charge in [0.25, 0.3) is 0 Å². The number of nitrogens with one attached hydrogen (secondary N) is 1. The summed E-state index contributed by atoms with van der Waals surface area (Å²) in [5, 5.41) is 12.4. The number of anilines is 1. The first kappa shape index (κ1) is 21.4. The molecule has 0 spiro atoms. The number of nitrogens with zero attached hydrogens (tertiary/aromatic N) is 1. The fourth-order valence-electron chi connectivity index (χ4n) is 2.55. The molecule has 0 saturated heterocycles. The van der Waals surface area contributed by atoms with E-state index in [1.807, 2.05) is 30.3 Å². The van der Waals surface area contributed by atoms with Gasteiger partial charge in [-0.25, -0.2) is 4.79 Å². The van der Waals surface area contributed by atoms with E-state index in [0.717, 1.165) is 16.9 Å². The Hall–Kier alpha value is -2.91. The number of nitriles is 1. The second-order valence-corrected chi connectivity index (χ2v) is 8.31. The molecule has 146 valence electrons. The Balaban J connectivity index is 2.15. The average molecular weight is 397 g/mol. The maximum absolute atomic E-state index is 12.3. The summed E-state index contributed by atoms with van der Waals surface area (Å²) in [5.41, 5.74) is 2.99. The number of carbonyl (C=O) groups excluding carboxylic acids is 2. The molecule has 0 aliphatic rings. The third-order valence-corrected chi connectivity index (χ3v) is 5.35. The lowest BCUT2D eigenvalue weighted by molar-refractivity contribution is -0.111. The molecule has 1 N–H and O–H groups in total. The fourth-order valence-corrected chi connectivity index (χ4v) is 3.60. The molecular formula is C22H24N2O3S. The number of benzene rings is 1. The van der Waals surface area contributed by atoms with Crippen molar-refractivity contribution in [2.75, 3.05) is 11.9 Å². The molecule has 2 rings (SSSR count). The van der Waals surface area contributed by atoms with Crippen LogP contribution in [0.4, 0.5) is 5.00 Å². The van der Waals surface area contributed by atoms with E-state index in [1.54, 1.807) is 19.9 Å². The average Bonchev–Trinajstić information content (AvgIpc) is 2.95. The van der Waals surface area contributed by atoms with Crippen LogP contribution in [0.3, 0.4) is 0 Å². The van der Waals surface area contributed by atoms with Gasteiger partial charge in [-0.15, -0.1) is 11.3 Å². The molecule has 0 fully saturated rings. The van der Waals surface area contributed by atoms with E-state index in [0.29, 0.717) is 15.4 Å². The second kappa shape index (κ2) is 8.85. The number of hydrogen-bond donors (Lipinski definition) is 1. The minimum atomic E-state index is -0.489. The molecule has 0 saturated carbocycles. The van der Waals surface area contributed by atoms with Crippen molar-refractivity contribution in [3.63, 3.8) is 0 Å². The number of ether oxygens (including phenoxy) is 1. The molecule has 5 nitrogen and oxygen atoms in total. The summed E-state index contributed by atoms with van der Waals surface area (Å²) < 4.78 is 5.00. The van der Waals surface area contributed by atoms with E-state index in [2.05, 4.69) is 26.1 Å². The van der Waals surface area contributed by atoms with E-state index in [-0.39, 0.29) is 23.5 Å². The van der Waals surface area contributed by atoms with Crippen LogP contribution < -0.4 is 5.32 Å². The van der Waals surface area contributed by atoms with Crippen LogP contribution >= 0.6 is 11.3 Å². The number of hydrogen-bond acceptors (Lipinski definition) is 5. The minimum Gasteiger partial charge on any atom is -0.462 e. The molecular weight excluding hydrogens is 372 g/mol. The molecule has 0 radical (unpaired) electrons. The van der Waals surface area contributed by atoms with E-state index in [9.17, 15) is 14.9 Å². The van der Waals surface area contributed by atoms with Crippen molar-refractivity contribution in [2.45, 2.75) is 40.0 Å². The predicted molar refractivity (Wildman–Crippen MR) is 113 cm³/mol. The lowest BCUT2D eigenvalue weighted by Crippen LogP contribution is -2.10. The zero-order valence-electron chi connectivity index (χ0n) is 16.8. The van der Waals surface area contributed by atoms with Crippen LogP contribution in [-0.4, -0.2) is 18.5 Å². The van der Waals surface area contributed by atoms with Crippen molar-refractivity contribution in [1.29, 1.82) is 5.26 Å². The zero-order valence-corrected chi connectivity index (χ0v) is 17.6. The summed E-state index contributed by atoms with van der Waals surface area (Å²) in [6.45, 7) is 10.1. The number of thiophene rings is 1. The van der Waals surface area contributed by atoms with Gasteiger partial charge in [-0.2, -0.15) is 5.26 Å². The van der Waals surface area contributed by atoms with Gasteiger partial charge >= 0.3 is 5.97 Å². The van der Waals surface area contributed by atoms with Crippen LogP contribution in [0.5, 0.6) is 0 Å². The molecule has 0 atom stereocenters. The standard InChI is InChI=1S/C22H24N2O3S/c1-6-27-21(26)19-14(2)17(13-23)20(28-19)24-18(25)12-9-15-7-10-16(11-8-15)22(3,4)5/h7-12H,6H2,1-5H3,(H,24,25)/b12-9+. The Labute approximate surface area is 169 Å². The SMILES string of the molecule is CCOC(=O)c1sc(NC(=O)/C=C/c2ccc(C(C)(C)C)cc2)c(C#N)c1C. The smallest absolute Gasteiger partial charge is 0.348 e. The topological polar surface area (TPSA) is 79.2 Å². The van der Waals surface area contributed by atoms with Crippen molar-refractivity contribution >= 4 is 34.3 Å². The third kappa shape index (κ3) is 5.08. The van der Waals surface area contributed by atoms with Crippen molar-refractivity contribution in [1.82, 2.24) is 0 Å². The maximum Gasteiger partial charge on any atom is 0.348 e. The van der Waals surface area contributed by atoms with Gasteiger partial charge < -0.3 is 10.1 Å². The van der Waals surface area contributed by atoms with Gasteiger partial charge in [0.05, 0.1) is 12.2 Å². The lowest BCUT2D eigenvalue weighted by atomic mass is 9.87. The summed E-state index contributed by atoms with van der Waals surface area (Å²) in [4.78, 5) is 24.6. The summed E-state index contributed by atoms with van der Waals surface area (Å²) >= 11 is 1.05. The van der Waals surface area contributed by atoms with Crippen LogP contribution in [0.15, 0.2) is 30.3 Å². The van der Waals surface area contributed by atoms with Crippen LogP contribution in [0.25, 0.3) is 6.08 Å². The fraction of sp³-hybridized carbons (Fsp3) is 0.318. The second-order valence-electron chi connectivity index (χ2n) is 7.29. The Bertz CT molecular complexity index is 942. The van der Waals surface area contributed by atoms with Gasteiger partial charge in [0.15, 0.2) is 0 Å². The van der Waals surface area contributed by atoms with Gasteiger partial charge in [-0.1, -0.05) is 45.0 Å². The number of esters is 1. The van der Waals surface area contributed by atoms with E-state index in [4.69, 9.17) is 4.74 Å². The predicted octanol–water partition coefficient (Wildman–Crippen LogP) is 5.05.